The minimum atomic E-state index is -0.278. The summed E-state index contributed by atoms with van der Waals surface area (Å²) in [5, 5.41) is 2.79. The third-order valence-electron chi connectivity index (χ3n) is 6.40. The highest BCUT2D eigenvalue weighted by Crippen LogP contribution is 2.36. The molecule has 0 spiro atoms. The number of hydrogen-bond acceptors (Lipinski definition) is 6. The van der Waals surface area contributed by atoms with Crippen LogP contribution < -0.4 is 10.1 Å². The lowest BCUT2D eigenvalue weighted by Gasteiger charge is -2.22. The number of methoxy groups -OCH3 is 1. The van der Waals surface area contributed by atoms with Crippen LogP contribution in [0.25, 0.3) is 16.8 Å². The number of amides is 2. The highest BCUT2D eigenvalue weighted by Gasteiger charge is 2.33. The van der Waals surface area contributed by atoms with Crippen LogP contribution >= 0.6 is 0 Å². The lowest BCUT2D eigenvalue weighted by atomic mass is 10.1. The smallest absolute Gasteiger partial charge is 0.256 e. The third kappa shape index (κ3) is 4.19. The summed E-state index contributed by atoms with van der Waals surface area (Å²) in [6.45, 7) is 6.26. The fraction of sp³-hybridized carbons (Fsp3) is 0.222. The van der Waals surface area contributed by atoms with Gasteiger partial charge in [0.1, 0.15) is 17.4 Å². The molecule has 2 amide bonds. The zero-order valence-corrected chi connectivity index (χ0v) is 20.1. The maximum atomic E-state index is 12.8. The Morgan fingerprint density at radius 1 is 1.17 bits per heavy atom. The van der Waals surface area contributed by atoms with Crippen molar-refractivity contribution >= 4 is 23.1 Å². The van der Waals surface area contributed by atoms with E-state index in [0.717, 1.165) is 41.1 Å². The molecule has 0 saturated carbocycles. The summed E-state index contributed by atoms with van der Waals surface area (Å²) in [7, 11) is 1.56. The normalized spacial score (nSPS) is 15.2. The molecule has 1 saturated heterocycles. The van der Waals surface area contributed by atoms with Gasteiger partial charge in [0.05, 0.1) is 30.1 Å². The van der Waals surface area contributed by atoms with Crippen LogP contribution in [0.1, 0.15) is 40.8 Å². The number of pyridine rings is 1. The second-order valence-corrected chi connectivity index (χ2v) is 8.56. The Balaban J connectivity index is 1.48. The quantitative estimate of drug-likeness (QED) is 0.413. The van der Waals surface area contributed by atoms with Gasteiger partial charge in [0, 0.05) is 42.3 Å². The first-order valence-electron chi connectivity index (χ1n) is 11.7. The molecule has 1 N–H and O–H groups in total. The van der Waals surface area contributed by atoms with Gasteiger partial charge in [-0.3, -0.25) is 19.0 Å². The molecule has 4 heterocycles. The number of aromatic nitrogens is 4. The number of anilines is 1. The van der Waals surface area contributed by atoms with Crippen LogP contribution in [-0.2, 0) is 4.79 Å². The highest BCUT2D eigenvalue weighted by molar-refractivity contribution is 6.04. The molecule has 0 aliphatic carbocycles. The Morgan fingerprint density at radius 2 is 1.97 bits per heavy atom. The molecule has 182 valence electrons. The van der Waals surface area contributed by atoms with Gasteiger partial charge in [0.25, 0.3) is 5.91 Å². The maximum Gasteiger partial charge on any atom is 0.256 e. The first kappa shape index (κ1) is 23.2. The molecule has 9 nitrogen and oxygen atoms in total. The number of rotatable bonds is 6. The molecule has 0 unspecified atom stereocenters. The number of nitrogens with one attached hydrogen (secondary N) is 1. The average Bonchev–Trinajstić information content (AvgIpc) is 3.54. The van der Waals surface area contributed by atoms with Crippen LogP contribution in [-0.4, -0.2) is 49.7 Å². The number of aryl methyl sites for hydroxylation is 1. The summed E-state index contributed by atoms with van der Waals surface area (Å²) in [5.41, 5.74) is 3.81. The zero-order valence-electron chi connectivity index (χ0n) is 20.1. The molecule has 1 fully saturated rings. The van der Waals surface area contributed by atoms with Crippen molar-refractivity contribution in [1.82, 2.24) is 24.3 Å². The molecule has 5 rings (SSSR count). The Morgan fingerprint density at radius 3 is 2.72 bits per heavy atom. The number of fused-ring (bicyclic) bond motifs is 1. The van der Waals surface area contributed by atoms with E-state index in [1.165, 1.54) is 6.08 Å². The number of nitrogens with zero attached hydrogens (tertiary/aromatic N) is 5. The van der Waals surface area contributed by atoms with E-state index < -0.39 is 0 Å². The monoisotopic (exact) mass is 482 g/mol. The lowest BCUT2D eigenvalue weighted by molar-refractivity contribution is -0.127. The van der Waals surface area contributed by atoms with Gasteiger partial charge in [-0.25, -0.2) is 9.97 Å². The fourth-order valence-corrected chi connectivity index (χ4v) is 4.65. The second-order valence-electron chi connectivity index (χ2n) is 8.56. The summed E-state index contributed by atoms with van der Waals surface area (Å²) in [6, 6.07) is 10.5. The van der Waals surface area contributed by atoms with Crippen molar-refractivity contribution < 1.29 is 14.3 Å². The van der Waals surface area contributed by atoms with E-state index in [0.29, 0.717) is 23.7 Å². The predicted molar refractivity (Wildman–Crippen MR) is 136 cm³/mol. The number of carbonyl (C=O) groups is 2. The molecule has 9 heteroatoms. The van der Waals surface area contributed by atoms with Crippen LogP contribution in [0.15, 0.2) is 67.6 Å². The molecule has 36 heavy (non-hydrogen) atoms. The molecule has 1 atom stereocenters. The van der Waals surface area contributed by atoms with Crippen molar-refractivity contribution in [3.05, 3.63) is 84.7 Å². The second kappa shape index (κ2) is 9.61. The van der Waals surface area contributed by atoms with Crippen LogP contribution in [0.4, 0.5) is 5.82 Å². The first-order valence-corrected chi connectivity index (χ1v) is 11.7. The number of imidazole rings is 1. The first-order chi connectivity index (χ1) is 17.5. The van der Waals surface area contributed by atoms with Gasteiger partial charge < -0.3 is 15.0 Å². The van der Waals surface area contributed by atoms with Crippen LogP contribution in [0.5, 0.6) is 5.75 Å². The van der Waals surface area contributed by atoms with Crippen LogP contribution in [0, 0.1) is 6.92 Å². The van der Waals surface area contributed by atoms with Gasteiger partial charge in [0.2, 0.25) is 5.91 Å². The number of likely N-dealkylation sites (tertiary alicyclic amines) is 1. The van der Waals surface area contributed by atoms with Gasteiger partial charge in [-0.2, -0.15) is 0 Å². The minimum Gasteiger partial charge on any atom is -0.497 e. The third-order valence-corrected chi connectivity index (χ3v) is 6.40. The summed E-state index contributed by atoms with van der Waals surface area (Å²) in [5.74, 6) is 1.44. The van der Waals surface area contributed by atoms with Gasteiger partial charge >= 0.3 is 0 Å². The van der Waals surface area contributed by atoms with Crippen molar-refractivity contribution in [3.63, 3.8) is 0 Å². The van der Waals surface area contributed by atoms with Crippen molar-refractivity contribution in [1.29, 1.82) is 0 Å². The van der Waals surface area contributed by atoms with E-state index in [1.807, 2.05) is 34.6 Å². The lowest BCUT2D eigenvalue weighted by Crippen LogP contribution is -2.29. The van der Waals surface area contributed by atoms with E-state index in [9.17, 15) is 9.59 Å². The standard InChI is InChI=1S/C27H26N6O3/c1-4-23(34)32-14-5-6-21(32)26-31-24(25-17(2)28-13-15-33(25)26)18-7-9-19(10-8-18)27(35)30-22-16-20(36-3)11-12-29-22/h4,7-13,15-16,21H,1,5-6,14H2,2-3H3,(H,29,30,35)/t21-/m0/s1. The molecule has 3 aromatic heterocycles. The molecular formula is C27H26N6O3. The Labute approximate surface area is 208 Å². The molecule has 1 aromatic carbocycles. The molecule has 1 aliphatic heterocycles. The molecule has 0 radical (unpaired) electrons. The fourth-order valence-electron chi connectivity index (χ4n) is 4.65. The molecule has 0 bridgehead atoms. The van der Waals surface area contributed by atoms with Crippen LogP contribution in [0.3, 0.4) is 0 Å². The number of ether oxygens (including phenoxy) is 1. The topological polar surface area (TPSA) is 102 Å². The molecule has 4 aromatic rings. The number of benzene rings is 1. The Bertz CT molecular complexity index is 1460. The van der Waals surface area contributed by atoms with E-state index in [1.54, 1.807) is 43.8 Å². The molecule has 1 aliphatic rings. The van der Waals surface area contributed by atoms with Crippen molar-refractivity contribution in [2.45, 2.75) is 25.8 Å². The van der Waals surface area contributed by atoms with Crippen molar-refractivity contribution in [2.24, 2.45) is 0 Å². The van der Waals surface area contributed by atoms with Crippen molar-refractivity contribution in [2.75, 3.05) is 19.0 Å². The zero-order chi connectivity index (χ0) is 25.2. The Kier molecular flexibility index (Phi) is 6.20. The van der Waals surface area contributed by atoms with E-state index in [-0.39, 0.29) is 17.9 Å². The largest absolute Gasteiger partial charge is 0.497 e. The Hall–Kier alpha value is -4.53. The van der Waals surface area contributed by atoms with Gasteiger partial charge in [-0.05, 0) is 44.0 Å². The SMILES string of the molecule is C=CC(=O)N1CCC[C@H]1c1nc(-c2ccc(C(=O)Nc3cc(OC)ccn3)cc2)c2c(C)nccn12. The van der Waals surface area contributed by atoms with Gasteiger partial charge in [0.15, 0.2) is 0 Å². The van der Waals surface area contributed by atoms with Gasteiger partial charge in [-0.1, -0.05) is 18.7 Å². The summed E-state index contributed by atoms with van der Waals surface area (Å²) in [4.78, 5) is 40.7. The number of carbonyl (C=O) groups excluding carboxylic acids is 2. The maximum absolute atomic E-state index is 12.8. The van der Waals surface area contributed by atoms with Crippen molar-refractivity contribution in [3.8, 4) is 17.0 Å². The summed E-state index contributed by atoms with van der Waals surface area (Å²) >= 11 is 0. The summed E-state index contributed by atoms with van der Waals surface area (Å²) < 4.78 is 7.20. The average molecular weight is 483 g/mol. The van der Waals surface area contributed by atoms with Gasteiger partial charge in [-0.15, -0.1) is 0 Å². The molecular weight excluding hydrogens is 456 g/mol. The highest BCUT2D eigenvalue weighted by atomic mass is 16.5. The minimum absolute atomic E-state index is 0.0949. The van der Waals surface area contributed by atoms with E-state index >= 15 is 0 Å². The number of hydrogen-bond donors (Lipinski definition) is 1. The van der Waals surface area contributed by atoms with E-state index in [4.69, 9.17) is 9.72 Å². The van der Waals surface area contributed by atoms with E-state index in [2.05, 4.69) is 21.9 Å². The summed E-state index contributed by atoms with van der Waals surface area (Å²) in [6.07, 6.45) is 8.29. The predicted octanol–water partition coefficient (Wildman–Crippen LogP) is 4.21. The van der Waals surface area contributed by atoms with Crippen LogP contribution in [0.2, 0.25) is 0 Å².